The molecule has 0 aromatic carbocycles. The van der Waals surface area contributed by atoms with Gasteiger partial charge in [0.25, 0.3) is 7.63 Å². The molecule has 0 aromatic rings. The van der Waals surface area contributed by atoms with Gasteiger partial charge in [-0.15, -0.1) is 11.1 Å². The standard InChI is InChI=1S/C9H27ClO3Si4/c1-14(2,3)11-16(6,7)13-17(8,9)12-15(4,5)10/h1-9H3. The fraction of sp³-hybridized carbons (Fsp3) is 1.00. The van der Waals surface area contributed by atoms with E-state index in [1.807, 2.05) is 26.2 Å². The molecule has 0 unspecified atom stereocenters. The Bertz CT molecular complexity index is 232. The summed E-state index contributed by atoms with van der Waals surface area (Å²) in [4.78, 5) is 0. The van der Waals surface area contributed by atoms with E-state index in [0.717, 1.165) is 0 Å². The Balaban J connectivity index is 4.59. The molecule has 0 saturated carbocycles. The van der Waals surface area contributed by atoms with E-state index in [1.54, 1.807) is 0 Å². The quantitative estimate of drug-likeness (QED) is 0.539. The smallest absolute Gasteiger partial charge is 0.313 e. The van der Waals surface area contributed by atoms with Gasteiger partial charge in [0.05, 0.1) is 0 Å². The maximum absolute atomic E-state index is 6.23. The fourth-order valence-corrected chi connectivity index (χ4v) is 20.0. The third kappa shape index (κ3) is 10.6. The van der Waals surface area contributed by atoms with E-state index in [-0.39, 0.29) is 0 Å². The molecule has 8 heteroatoms. The Morgan fingerprint density at radius 1 is 0.588 bits per heavy atom. The van der Waals surface area contributed by atoms with Crippen molar-refractivity contribution < 1.29 is 12.3 Å². The van der Waals surface area contributed by atoms with Crippen molar-refractivity contribution in [2.24, 2.45) is 0 Å². The molecule has 0 spiro atoms. The van der Waals surface area contributed by atoms with Gasteiger partial charge in [-0.3, -0.25) is 0 Å². The highest BCUT2D eigenvalue weighted by Gasteiger charge is 2.41. The molecule has 104 valence electrons. The maximum Gasteiger partial charge on any atom is 0.313 e. The second-order valence-electron chi connectivity index (χ2n) is 6.58. The molecule has 0 aliphatic heterocycles. The first kappa shape index (κ1) is 18.0. The molecule has 0 amide bonds. The van der Waals surface area contributed by atoms with Gasteiger partial charge in [-0.25, -0.2) is 0 Å². The first-order valence-electron chi connectivity index (χ1n) is 5.91. The molecular formula is C9H27ClO3Si4. The molecule has 0 N–H and O–H groups in total. The van der Waals surface area contributed by atoms with Crippen LogP contribution in [0.1, 0.15) is 0 Å². The van der Waals surface area contributed by atoms with Crippen LogP contribution in [-0.2, 0) is 12.3 Å². The summed E-state index contributed by atoms with van der Waals surface area (Å²) in [7, 11) is -7.93. The van der Waals surface area contributed by atoms with Gasteiger partial charge < -0.3 is 12.3 Å². The van der Waals surface area contributed by atoms with Crippen molar-refractivity contribution in [1.82, 2.24) is 0 Å². The lowest BCUT2D eigenvalue weighted by atomic mass is 11.8. The van der Waals surface area contributed by atoms with Crippen LogP contribution >= 0.6 is 11.1 Å². The van der Waals surface area contributed by atoms with E-state index in [4.69, 9.17) is 23.4 Å². The molecule has 0 fully saturated rings. The highest BCUT2D eigenvalue weighted by atomic mass is 35.6. The summed E-state index contributed by atoms with van der Waals surface area (Å²) in [5.41, 5.74) is 0. The summed E-state index contributed by atoms with van der Waals surface area (Å²) >= 11 is 6.23. The predicted molar refractivity (Wildman–Crippen MR) is 84.9 cm³/mol. The van der Waals surface area contributed by atoms with Crippen LogP contribution in [0.3, 0.4) is 0 Å². The Labute approximate surface area is 115 Å². The average molecular weight is 331 g/mol. The zero-order valence-corrected chi connectivity index (χ0v) is 17.4. The van der Waals surface area contributed by atoms with E-state index in [2.05, 4.69) is 32.7 Å². The van der Waals surface area contributed by atoms with Gasteiger partial charge in [0, 0.05) is 0 Å². The van der Waals surface area contributed by atoms with Crippen LogP contribution in [0.4, 0.5) is 0 Å². The molecule has 0 rings (SSSR count). The average Bonchev–Trinajstić information content (AvgIpc) is 1.65. The molecule has 0 heterocycles. The fourth-order valence-electron chi connectivity index (χ4n) is 1.96. The summed E-state index contributed by atoms with van der Waals surface area (Å²) in [6.07, 6.45) is 0. The summed E-state index contributed by atoms with van der Waals surface area (Å²) in [6.45, 7) is 18.8. The van der Waals surface area contributed by atoms with E-state index >= 15 is 0 Å². The van der Waals surface area contributed by atoms with Crippen molar-refractivity contribution in [3.05, 3.63) is 0 Å². The van der Waals surface area contributed by atoms with Gasteiger partial charge in [0.15, 0.2) is 8.32 Å². The SMILES string of the molecule is C[Si](C)(C)O[Si](C)(C)O[Si](C)(C)O[Si](C)(C)Cl. The van der Waals surface area contributed by atoms with Gasteiger partial charge in [-0.2, -0.15) is 0 Å². The van der Waals surface area contributed by atoms with E-state index in [9.17, 15) is 0 Å². The molecule has 0 radical (unpaired) electrons. The molecule has 0 atom stereocenters. The summed E-state index contributed by atoms with van der Waals surface area (Å²) in [5.74, 6) is 0. The van der Waals surface area contributed by atoms with Crippen LogP contribution < -0.4 is 0 Å². The van der Waals surface area contributed by atoms with Crippen molar-refractivity contribution >= 4 is 44.1 Å². The molecule has 3 nitrogen and oxygen atoms in total. The Kier molecular flexibility index (Phi) is 5.91. The lowest BCUT2D eigenvalue weighted by molar-refractivity contribution is 0.334. The Morgan fingerprint density at radius 2 is 0.941 bits per heavy atom. The van der Waals surface area contributed by atoms with Crippen LogP contribution in [0.25, 0.3) is 0 Å². The topological polar surface area (TPSA) is 27.7 Å². The van der Waals surface area contributed by atoms with E-state index < -0.39 is 33.1 Å². The first-order valence-corrected chi connectivity index (χ1v) is 18.9. The zero-order valence-electron chi connectivity index (χ0n) is 12.6. The largest absolute Gasteiger partial charge is 0.437 e. The first-order chi connectivity index (χ1) is 7.12. The van der Waals surface area contributed by atoms with Gasteiger partial charge in [-0.05, 0) is 58.9 Å². The second-order valence-corrected chi connectivity index (χ2v) is 24.3. The number of halogens is 1. The van der Waals surface area contributed by atoms with Crippen LogP contribution in [0, 0.1) is 0 Å². The number of hydrogen-bond donors (Lipinski definition) is 0. The van der Waals surface area contributed by atoms with Crippen LogP contribution in [-0.4, -0.2) is 33.1 Å². The minimum Gasteiger partial charge on any atom is -0.437 e. The van der Waals surface area contributed by atoms with Crippen molar-refractivity contribution in [1.29, 1.82) is 0 Å². The lowest BCUT2D eigenvalue weighted by Gasteiger charge is -2.38. The Morgan fingerprint density at radius 3 is 1.24 bits per heavy atom. The summed E-state index contributed by atoms with van der Waals surface area (Å²) < 4.78 is 18.3. The molecular weight excluding hydrogens is 304 g/mol. The summed E-state index contributed by atoms with van der Waals surface area (Å²) in [6, 6.07) is 0. The minimum absolute atomic E-state index is 1.57. The van der Waals surface area contributed by atoms with Crippen molar-refractivity contribution in [2.75, 3.05) is 0 Å². The molecule has 0 aromatic heterocycles. The number of rotatable bonds is 6. The molecule has 0 bridgehead atoms. The van der Waals surface area contributed by atoms with Gasteiger partial charge in [0.1, 0.15) is 0 Å². The maximum atomic E-state index is 6.23. The van der Waals surface area contributed by atoms with Crippen LogP contribution in [0.2, 0.25) is 58.9 Å². The molecule has 0 saturated heterocycles. The highest BCUT2D eigenvalue weighted by Crippen LogP contribution is 2.24. The van der Waals surface area contributed by atoms with Crippen molar-refractivity contribution in [2.45, 2.75) is 58.9 Å². The third-order valence-corrected chi connectivity index (χ3v) is 14.5. The molecule has 0 aliphatic carbocycles. The molecule has 0 aliphatic rings. The van der Waals surface area contributed by atoms with E-state index in [1.165, 1.54) is 0 Å². The normalized spacial score (nSPS) is 15.2. The van der Waals surface area contributed by atoms with Crippen LogP contribution in [0.5, 0.6) is 0 Å². The predicted octanol–water partition coefficient (Wildman–Crippen LogP) is 4.22. The minimum atomic E-state index is -2.19. The van der Waals surface area contributed by atoms with Gasteiger partial charge >= 0.3 is 17.1 Å². The summed E-state index contributed by atoms with van der Waals surface area (Å²) in [5, 5.41) is 0. The monoisotopic (exact) mass is 330 g/mol. The lowest BCUT2D eigenvalue weighted by Crippen LogP contribution is -2.55. The van der Waals surface area contributed by atoms with Crippen LogP contribution in [0.15, 0.2) is 0 Å². The van der Waals surface area contributed by atoms with Gasteiger partial charge in [0.2, 0.25) is 0 Å². The third-order valence-electron chi connectivity index (χ3n) is 1.53. The highest BCUT2D eigenvalue weighted by molar-refractivity contribution is 7.17. The van der Waals surface area contributed by atoms with E-state index in [0.29, 0.717) is 0 Å². The second kappa shape index (κ2) is 5.57. The van der Waals surface area contributed by atoms with Crippen molar-refractivity contribution in [3.63, 3.8) is 0 Å². The van der Waals surface area contributed by atoms with Gasteiger partial charge in [-0.1, -0.05) is 0 Å². The van der Waals surface area contributed by atoms with Crippen molar-refractivity contribution in [3.8, 4) is 0 Å². The zero-order chi connectivity index (χ0) is 14.1. The molecule has 17 heavy (non-hydrogen) atoms. The Hall–Kier alpha value is 1.04. The number of hydrogen-bond acceptors (Lipinski definition) is 3.